The lowest BCUT2D eigenvalue weighted by atomic mass is 9.98. The smallest absolute Gasteiger partial charge is 0.257 e. The molecule has 6 rings (SSSR count). The molecule has 0 N–H and O–H groups in total. The van der Waals surface area contributed by atoms with Gasteiger partial charge in [-0.25, -0.2) is 4.98 Å². The SMILES string of the molecule is Cc1ccc(Cl)c(OC2C[C@H]3CC[C@@H](C2)N3C(=O)c2ccc(CSc3nc4cc(Cl)ccc4o3)cc2)c1. The summed E-state index contributed by atoms with van der Waals surface area (Å²) in [7, 11) is 0. The number of rotatable bonds is 6. The molecule has 3 atom stereocenters. The van der Waals surface area contributed by atoms with E-state index >= 15 is 0 Å². The van der Waals surface area contributed by atoms with Crippen LogP contribution in [0.2, 0.25) is 10.0 Å². The molecular formula is C29H26Cl2N2O3S. The van der Waals surface area contributed by atoms with Crippen molar-refractivity contribution in [3.8, 4) is 5.75 Å². The minimum atomic E-state index is 0.0723. The molecule has 2 aliphatic heterocycles. The molecule has 1 amide bonds. The first kappa shape index (κ1) is 24.7. The van der Waals surface area contributed by atoms with Crippen molar-refractivity contribution in [2.24, 2.45) is 0 Å². The van der Waals surface area contributed by atoms with E-state index in [9.17, 15) is 4.79 Å². The van der Waals surface area contributed by atoms with Gasteiger partial charge in [-0.05, 0) is 73.4 Å². The summed E-state index contributed by atoms with van der Waals surface area (Å²) in [4.78, 5) is 20.0. The molecule has 3 aromatic carbocycles. The maximum atomic E-state index is 13.5. The quantitative estimate of drug-likeness (QED) is 0.227. The van der Waals surface area contributed by atoms with Gasteiger partial charge in [0.15, 0.2) is 5.58 Å². The summed E-state index contributed by atoms with van der Waals surface area (Å²) < 4.78 is 12.1. The molecule has 0 radical (unpaired) electrons. The van der Waals surface area contributed by atoms with Crippen LogP contribution in [-0.2, 0) is 5.75 Å². The summed E-state index contributed by atoms with van der Waals surface area (Å²) in [5.41, 5.74) is 4.42. The van der Waals surface area contributed by atoms with Crippen LogP contribution in [0.3, 0.4) is 0 Å². The highest BCUT2D eigenvalue weighted by atomic mass is 35.5. The van der Waals surface area contributed by atoms with Gasteiger partial charge in [-0.15, -0.1) is 0 Å². The zero-order valence-corrected chi connectivity index (χ0v) is 22.7. The fourth-order valence-corrected chi connectivity index (χ4v) is 6.54. The molecule has 8 heteroatoms. The second kappa shape index (κ2) is 10.2. The van der Waals surface area contributed by atoms with E-state index in [-0.39, 0.29) is 24.1 Å². The molecule has 190 valence electrons. The lowest BCUT2D eigenvalue weighted by molar-refractivity contribution is 0.0359. The van der Waals surface area contributed by atoms with Crippen LogP contribution in [0.4, 0.5) is 0 Å². The van der Waals surface area contributed by atoms with E-state index in [2.05, 4.69) is 9.88 Å². The Bertz CT molecular complexity index is 1440. The lowest BCUT2D eigenvalue weighted by Gasteiger charge is -2.39. The van der Waals surface area contributed by atoms with Gasteiger partial charge in [-0.1, -0.05) is 53.2 Å². The summed E-state index contributed by atoms with van der Waals surface area (Å²) in [6.45, 7) is 2.03. The largest absolute Gasteiger partial charge is 0.489 e. The molecule has 0 spiro atoms. The van der Waals surface area contributed by atoms with E-state index in [4.69, 9.17) is 32.4 Å². The van der Waals surface area contributed by atoms with E-state index in [0.29, 0.717) is 21.0 Å². The number of oxazole rings is 1. The third-order valence-corrected chi connectivity index (χ3v) is 8.64. The zero-order valence-electron chi connectivity index (χ0n) is 20.3. The number of fused-ring (bicyclic) bond motifs is 3. The number of amides is 1. The van der Waals surface area contributed by atoms with Crippen molar-refractivity contribution in [2.45, 2.75) is 61.8 Å². The molecule has 2 bridgehead atoms. The third-order valence-electron chi connectivity index (χ3n) is 7.20. The van der Waals surface area contributed by atoms with Crippen molar-refractivity contribution in [2.75, 3.05) is 0 Å². The number of hydrogen-bond donors (Lipinski definition) is 0. The second-order valence-electron chi connectivity index (χ2n) is 9.82. The number of carbonyl (C=O) groups excluding carboxylic acids is 1. The lowest BCUT2D eigenvalue weighted by Crippen LogP contribution is -2.49. The average Bonchev–Trinajstić information content (AvgIpc) is 3.41. The molecule has 3 heterocycles. The highest BCUT2D eigenvalue weighted by Crippen LogP contribution is 2.39. The van der Waals surface area contributed by atoms with Gasteiger partial charge in [0.25, 0.3) is 11.1 Å². The number of aromatic nitrogens is 1. The van der Waals surface area contributed by atoms with E-state index in [1.807, 2.05) is 55.5 Å². The Labute approximate surface area is 230 Å². The molecule has 37 heavy (non-hydrogen) atoms. The number of halogens is 2. The minimum absolute atomic E-state index is 0.0723. The summed E-state index contributed by atoms with van der Waals surface area (Å²) in [6.07, 6.45) is 3.77. The molecule has 2 fully saturated rings. The van der Waals surface area contributed by atoms with Crippen LogP contribution in [0, 0.1) is 6.92 Å². The predicted octanol–water partition coefficient (Wildman–Crippen LogP) is 7.95. The molecule has 0 aliphatic carbocycles. The number of aryl methyl sites for hydroxylation is 1. The maximum absolute atomic E-state index is 13.5. The van der Waals surface area contributed by atoms with Crippen molar-refractivity contribution < 1.29 is 13.9 Å². The van der Waals surface area contributed by atoms with Gasteiger partial charge >= 0.3 is 0 Å². The molecule has 2 aliphatic rings. The number of thioether (sulfide) groups is 1. The van der Waals surface area contributed by atoms with Gasteiger partial charge in [-0.2, -0.15) is 0 Å². The molecule has 5 nitrogen and oxygen atoms in total. The van der Waals surface area contributed by atoms with Gasteiger partial charge in [0.05, 0.1) is 5.02 Å². The fraction of sp³-hybridized carbons (Fsp3) is 0.310. The Morgan fingerprint density at radius 3 is 2.57 bits per heavy atom. The van der Waals surface area contributed by atoms with Gasteiger partial charge in [0.1, 0.15) is 17.4 Å². The monoisotopic (exact) mass is 552 g/mol. The van der Waals surface area contributed by atoms with E-state index in [0.717, 1.165) is 59.2 Å². The van der Waals surface area contributed by atoms with Crippen LogP contribution in [-0.4, -0.2) is 34.0 Å². The summed E-state index contributed by atoms with van der Waals surface area (Å²) in [5.74, 6) is 1.54. The Balaban J connectivity index is 1.08. The van der Waals surface area contributed by atoms with Crippen LogP contribution >= 0.6 is 35.0 Å². The zero-order chi connectivity index (χ0) is 25.5. The van der Waals surface area contributed by atoms with Crippen molar-refractivity contribution in [1.82, 2.24) is 9.88 Å². The van der Waals surface area contributed by atoms with Crippen LogP contribution in [0.25, 0.3) is 11.1 Å². The van der Waals surface area contributed by atoms with Crippen molar-refractivity contribution in [3.63, 3.8) is 0 Å². The fourth-order valence-electron chi connectivity index (χ4n) is 5.41. The van der Waals surface area contributed by atoms with Crippen molar-refractivity contribution in [3.05, 3.63) is 87.4 Å². The Morgan fingerprint density at radius 1 is 1.05 bits per heavy atom. The number of hydrogen-bond acceptors (Lipinski definition) is 5. The first-order valence-corrected chi connectivity index (χ1v) is 14.2. The van der Waals surface area contributed by atoms with Crippen molar-refractivity contribution >= 4 is 52.0 Å². The molecule has 1 unspecified atom stereocenters. The third kappa shape index (κ3) is 5.20. The average molecular weight is 554 g/mol. The van der Waals surface area contributed by atoms with Crippen LogP contribution in [0.5, 0.6) is 5.75 Å². The highest BCUT2D eigenvalue weighted by Gasteiger charge is 2.44. The second-order valence-corrected chi connectivity index (χ2v) is 11.6. The Hall–Kier alpha value is -2.67. The number of carbonyl (C=O) groups is 1. The molecule has 1 aromatic heterocycles. The van der Waals surface area contributed by atoms with Gasteiger partial charge in [-0.3, -0.25) is 4.79 Å². The Kier molecular flexibility index (Phi) is 6.82. The minimum Gasteiger partial charge on any atom is -0.489 e. The molecule has 0 saturated carbocycles. The van der Waals surface area contributed by atoms with Crippen LogP contribution in [0.15, 0.2) is 70.3 Å². The maximum Gasteiger partial charge on any atom is 0.257 e. The van der Waals surface area contributed by atoms with E-state index in [1.165, 1.54) is 11.8 Å². The Morgan fingerprint density at radius 2 is 1.81 bits per heavy atom. The van der Waals surface area contributed by atoms with Crippen LogP contribution < -0.4 is 4.74 Å². The van der Waals surface area contributed by atoms with Crippen molar-refractivity contribution in [1.29, 1.82) is 0 Å². The normalized spacial score (nSPS) is 20.9. The van der Waals surface area contributed by atoms with Crippen LogP contribution in [0.1, 0.15) is 47.2 Å². The van der Waals surface area contributed by atoms with E-state index < -0.39 is 0 Å². The topological polar surface area (TPSA) is 55.6 Å². The number of piperidine rings is 1. The number of benzene rings is 3. The molecule has 4 aromatic rings. The number of nitrogens with zero attached hydrogens (tertiary/aromatic N) is 2. The first-order valence-electron chi connectivity index (χ1n) is 12.5. The summed E-state index contributed by atoms with van der Waals surface area (Å²) in [6, 6.07) is 19.5. The van der Waals surface area contributed by atoms with Gasteiger partial charge in [0, 0.05) is 41.3 Å². The molecular weight excluding hydrogens is 527 g/mol. The van der Waals surface area contributed by atoms with E-state index in [1.54, 1.807) is 12.1 Å². The predicted molar refractivity (Wildman–Crippen MR) is 148 cm³/mol. The highest BCUT2D eigenvalue weighted by molar-refractivity contribution is 7.98. The van der Waals surface area contributed by atoms with Gasteiger partial charge < -0.3 is 14.1 Å². The standard InChI is InChI=1S/C29H26Cl2N2O3S/c1-17-2-10-24(31)27(12-17)35-23-14-21-8-9-22(15-23)33(21)28(34)19-5-3-18(4-6-19)16-37-29-32-25-13-20(30)7-11-26(25)36-29/h2-7,10-13,21-23H,8-9,14-16H2,1H3/t21-,22+,23?. The van der Waals surface area contributed by atoms with Gasteiger partial charge in [0.2, 0.25) is 0 Å². The molecule has 2 saturated heterocycles. The number of ether oxygens (including phenoxy) is 1. The summed E-state index contributed by atoms with van der Waals surface area (Å²) >= 11 is 13.9. The summed E-state index contributed by atoms with van der Waals surface area (Å²) in [5, 5.41) is 1.87. The first-order chi connectivity index (χ1) is 17.9.